The quantitative estimate of drug-likeness (QED) is 0.760. The monoisotopic (exact) mass is 222 g/mol. The maximum Gasteiger partial charge on any atom is 0.254 e. The molecule has 0 bridgehead atoms. The molecule has 0 radical (unpaired) electrons. The Labute approximate surface area is 93.0 Å². The maximum atomic E-state index is 10.9. The fourth-order valence-corrected chi connectivity index (χ4v) is 1.64. The van der Waals surface area contributed by atoms with E-state index < -0.39 is 5.91 Å². The fraction of sp³-hybridized carbons (Fsp3) is 0.500. The molecule has 1 aromatic rings. The molecule has 6 nitrogen and oxygen atoms in total. The summed E-state index contributed by atoms with van der Waals surface area (Å²) in [5.41, 5.74) is 10.9. The molecule has 1 saturated carbocycles. The van der Waals surface area contributed by atoms with Crippen LogP contribution in [0.25, 0.3) is 0 Å². The summed E-state index contributed by atoms with van der Waals surface area (Å²) >= 11 is 0. The molecule has 0 saturated heterocycles. The first kappa shape index (κ1) is 10.8. The Hall–Kier alpha value is -1.69. The first-order valence-electron chi connectivity index (χ1n) is 5.08. The van der Waals surface area contributed by atoms with Crippen molar-refractivity contribution in [1.82, 2.24) is 9.97 Å². The number of methoxy groups -OCH3 is 1. The summed E-state index contributed by atoms with van der Waals surface area (Å²) in [6.07, 6.45) is 3.44. The Morgan fingerprint density at radius 3 is 2.75 bits per heavy atom. The van der Waals surface area contributed by atoms with Crippen molar-refractivity contribution in [1.29, 1.82) is 0 Å². The predicted molar refractivity (Wildman–Crippen MR) is 57.4 cm³/mol. The number of anilines is 1. The zero-order chi connectivity index (χ0) is 11.7. The highest BCUT2D eigenvalue weighted by molar-refractivity contribution is 5.96. The van der Waals surface area contributed by atoms with Crippen molar-refractivity contribution >= 4 is 11.7 Å². The highest BCUT2D eigenvalue weighted by Crippen LogP contribution is 2.41. The van der Waals surface area contributed by atoms with E-state index in [-0.39, 0.29) is 17.5 Å². The largest absolute Gasteiger partial charge is 0.383 e. The number of primary amides is 1. The first-order valence-corrected chi connectivity index (χ1v) is 5.08. The van der Waals surface area contributed by atoms with Crippen molar-refractivity contribution in [3.05, 3.63) is 17.6 Å². The Kier molecular flexibility index (Phi) is 2.74. The van der Waals surface area contributed by atoms with Crippen LogP contribution < -0.4 is 11.5 Å². The fourth-order valence-electron chi connectivity index (χ4n) is 1.64. The molecule has 86 valence electrons. The number of ether oxygens (including phenoxy) is 1. The minimum atomic E-state index is -0.621. The lowest BCUT2D eigenvalue weighted by Crippen LogP contribution is -2.17. The van der Waals surface area contributed by atoms with Crippen molar-refractivity contribution < 1.29 is 9.53 Å². The van der Waals surface area contributed by atoms with Crippen LogP contribution in [0.4, 0.5) is 5.82 Å². The molecule has 6 heteroatoms. The normalized spacial score (nSPS) is 17.1. The second-order valence-corrected chi connectivity index (χ2v) is 3.89. The van der Waals surface area contributed by atoms with Gasteiger partial charge in [-0.25, -0.2) is 9.97 Å². The van der Waals surface area contributed by atoms with Gasteiger partial charge in [0.25, 0.3) is 5.91 Å². The highest BCUT2D eigenvalue weighted by atomic mass is 16.5. The molecular formula is C10H14N4O2. The highest BCUT2D eigenvalue weighted by Gasteiger charge is 2.34. The van der Waals surface area contributed by atoms with E-state index in [0.717, 1.165) is 12.8 Å². The molecule has 0 aliphatic heterocycles. The summed E-state index contributed by atoms with van der Waals surface area (Å²) in [4.78, 5) is 19.1. The van der Waals surface area contributed by atoms with Gasteiger partial charge in [-0.1, -0.05) is 0 Å². The summed E-state index contributed by atoms with van der Waals surface area (Å²) < 4.78 is 5.32. The van der Waals surface area contributed by atoms with Gasteiger partial charge in [-0.2, -0.15) is 0 Å². The topological polar surface area (TPSA) is 104 Å². The van der Waals surface area contributed by atoms with Crippen LogP contribution in [-0.2, 0) is 4.74 Å². The van der Waals surface area contributed by atoms with E-state index in [4.69, 9.17) is 16.2 Å². The molecule has 0 spiro atoms. The number of carbonyl (C=O) groups excluding carboxylic acids is 1. The average Bonchev–Trinajstić information content (AvgIpc) is 3.02. The van der Waals surface area contributed by atoms with Gasteiger partial charge < -0.3 is 16.2 Å². The van der Waals surface area contributed by atoms with Crippen LogP contribution in [0.5, 0.6) is 0 Å². The lowest BCUT2D eigenvalue weighted by molar-refractivity contribution is 0.0772. The molecule has 1 fully saturated rings. The molecule has 1 heterocycles. The number of hydrogen-bond acceptors (Lipinski definition) is 5. The third kappa shape index (κ3) is 1.96. The Bertz CT molecular complexity index is 417. The Morgan fingerprint density at radius 2 is 2.31 bits per heavy atom. The second kappa shape index (κ2) is 4.05. The molecular weight excluding hydrogens is 208 g/mol. The van der Waals surface area contributed by atoms with Crippen molar-refractivity contribution in [2.75, 3.05) is 12.8 Å². The van der Waals surface area contributed by atoms with E-state index in [2.05, 4.69) is 9.97 Å². The number of amides is 1. The molecule has 16 heavy (non-hydrogen) atoms. The number of aromatic nitrogens is 2. The molecule has 2 rings (SSSR count). The van der Waals surface area contributed by atoms with Crippen molar-refractivity contribution in [2.45, 2.75) is 18.9 Å². The zero-order valence-electron chi connectivity index (χ0n) is 9.01. The van der Waals surface area contributed by atoms with Crippen LogP contribution in [0.15, 0.2) is 6.20 Å². The molecule has 1 unspecified atom stereocenters. The zero-order valence-corrected chi connectivity index (χ0v) is 9.01. The van der Waals surface area contributed by atoms with Crippen LogP contribution >= 0.6 is 0 Å². The minimum absolute atomic E-state index is 0.111. The van der Waals surface area contributed by atoms with E-state index in [1.807, 2.05) is 0 Å². The number of hydrogen-bond donors (Lipinski definition) is 2. The summed E-state index contributed by atoms with van der Waals surface area (Å²) in [5, 5.41) is 0. The minimum Gasteiger partial charge on any atom is -0.383 e. The van der Waals surface area contributed by atoms with Gasteiger partial charge in [-0.15, -0.1) is 0 Å². The van der Waals surface area contributed by atoms with Gasteiger partial charge in [0, 0.05) is 13.3 Å². The second-order valence-electron chi connectivity index (χ2n) is 3.89. The Balaban J connectivity index is 2.28. The summed E-state index contributed by atoms with van der Waals surface area (Å²) in [5.74, 6) is 0.473. The standard InChI is InChI=1S/C10H14N4O2/c1-16-7(5-2-3-5)10-13-4-6(9(12)15)8(11)14-10/h4-5,7H,2-3H2,1H3,(H2,12,15)(H2,11,13,14). The first-order chi connectivity index (χ1) is 7.63. The molecule has 1 aliphatic rings. The summed E-state index contributed by atoms with van der Waals surface area (Å²) in [6, 6.07) is 0. The number of rotatable bonds is 4. The van der Waals surface area contributed by atoms with Gasteiger partial charge in [-0.05, 0) is 18.8 Å². The SMILES string of the molecule is COC(c1ncc(C(N)=O)c(N)n1)C1CC1. The van der Waals surface area contributed by atoms with E-state index >= 15 is 0 Å². The van der Waals surface area contributed by atoms with Crippen LogP contribution in [0, 0.1) is 5.92 Å². The third-order valence-corrected chi connectivity index (χ3v) is 2.66. The van der Waals surface area contributed by atoms with Crippen molar-refractivity contribution in [3.63, 3.8) is 0 Å². The number of nitrogen functional groups attached to an aromatic ring is 1. The molecule has 1 aliphatic carbocycles. The van der Waals surface area contributed by atoms with Gasteiger partial charge in [0.05, 0.1) is 5.56 Å². The van der Waals surface area contributed by atoms with Gasteiger partial charge in [-0.3, -0.25) is 4.79 Å². The number of nitrogens with two attached hydrogens (primary N) is 2. The van der Waals surface area contributed by atoms with Crippen LogP contribution in [0.1, 0.15) is 35.1 Å². The van der Waals surface area contributed by atoms with Gasteiger partial charge in [0.1, 0.15) is 11.9 Å². The van der Waals surface area contributed by atoms with E-state index in [9.17, 15) is 4.79 Å². The van der Waals surface area contributed by atoms with Crippen molar-refractivity contribution in [2.24, 2.45) is 11.7 Å². The number of nitrogens with zero attached hydrogens (tertiary/aromatic N) is 2. The van der Waals surface area contributed by atoms with E-state index in [1.54, 1.807) is 7.11 Å². The predicted octanol–water partition coefficient (Wildman–Crippen LogP) is 0.255. The van der Waals surface area contributed by atoms with Gasteiger partial charge in [0.2, 0.25) is 0 Å². The molecule has 1 atom stereocenters. The lowest BCUT2D eigenvalue weighted by atomic mass is 10.2. The van der Waals surface area contributed by atoms with Crippen LogP contribution in [0.3, 0.4) is 0 Å². The van der Waals surface area contributed by atoms with Crippen LogP contribution in [0.2, 0.25) is 0 Å². The van der Waals surface area contributed by atoms with E-state index in [0.29, 0.717) is 11.7 Å². The van der Waals surface area contributed by atoms with E-state index in [1.165, 1.54) is 6.20 Å². The lowest BCUT2D eigenvalue weighted by Gasteiger charge is -2.13. The molecule has 1 amide bonds. The molecule has 0 aromatic carbocycles. The average molecular weight is 222 g/mol. The smallest absolute Gasteiger partial charge is 0.254 e. The van der Waals surface area contributed by atoms with Crippen LogP contribution in [-0.4, -0.2) is 23.0 Å². The maximum absolute atomic E-state index is 10.9. The van der Waals surface area contributed by atoms with Gasteiger partial charge in [0.15, 0.2) is 5.82 Å². The molecule has 1 aromatic heterocycles. The summed E-state index contributed by atoms with van der Waals surface area (Å²) in [7, 11) is 1.62. The number of carbonyl (C=O) groups is 1. The Morgan fingerprint density at radius 1 is 1.62 bits per heavy atom. The summed E-state index contributed by atoms with van der Waals surface area (Å²) in [6.45, 7) is 0. The van der Waals surface area contributed by atoms with Crippen molar-refractivity contribution in [3.8, 4) is 0 Å². The van der Waals surface area contributed by atoms with Gasteiger partial charge >= 0.3 is 0 Å². The molecule has 4 N–H and O–H groups in total. The third-order valence-electron chi connectivity index (χ3n) is 2.66.